The monoisotopic (exact) mass is 392 g/mol. The van der Waals surface area contributed by atoms with E-state index in [1.54, 1.807) is 11.3 Å². The van der Waals surface area contributed by atoms with E-state index in [0.717, 1.165) is 19.5 Å². The summed E-state index contributed by atoms with van der Waals surface area (Å²) in [5.74, 6) is -0.476. The molecule has 0 atom stereocenters. The van der Waals surface area contributed by atoms with Crippen molar-refractivity contribution in [1.82, 2.24) is 9.21 Å². The highest BCUT2D eigenvalue weighted by Crippen LogP contribution is 2.30. The predicted molar refractivity (Wildman–Crippen MR) is 98.8 cm³/mol. The topological polar surface area (TPSA) is 66.9 Å². The summed E-state index contributed by atoms with van der Waals surface area (Å²) in [6.45, 7) is 2.92. The number of sulfonamides is 1. The number of fused-ring (bicyclic) bond motifs is 1. The van der Waals surface area contributed by atoms with E-state index in [0.29, 0.717) is 18.7 Å². The molecule has 0 aliphatic carbocycles. The summed E-state index contributed by atoms with van der Waals surface area (Å²) < 4.78 is 31.6. The number of rotatable bonds is 4. The van der Waals surface area contributed by atoms with Crippen LogP contribution in [0, 0.1) is 0 Å². The molecule has 0 N–H and O–H groups in total. The Morgan fingerprint density at radius 1 is 1.19 bits per heavy atom. The van der Waals surface area contributed by atoms with Crippen molar-refractivity contribution in [3.63, 3.8) is 0 Å². The average molecular weight is 393 g/mol. The van der Waals surface area contributed by atoms with Crippen molar-refractivity contribution in [2.45, 2.75) is 23.9 Å². The maximum absolute atomic E-state index is 12.7. The maximum atomic E-state index is 12.7. The zero-order valence-corrected chi connectivity index (χ0v) is 16.1. The minimum absolute atomic E-state index is 0.211. The molecule has 1 fully saturated rings. The first-order chi connectivity index (χ1) is 12.5. The molecule has 3 heterocycles. The van der Waals surface area contributed by atoms with Gasteiger partial charge in [-0.1, -0.05) is 0 Å². The van der Waals surface area contributed by atoms with E-state index in [1.807, 2.05) is 0 Å². The van der Waals surface area contributed by atoms with Gasteiger partial charge >= 0.3 is 5.97 Å². The van der Waals surface area contributed by atoms with E-state index in [9.17, 15) is 13.2 Å². The molecular weight excluding hydrogens is 372 g/mol. The van der Waals surface area contributed by atoms with Crippen molar-refractivity contribution in [3.05, 3.63) is 51.7 Å². The summed E-state index contributed by atoms with van der Waals surface area (Å²) in [5.41, 5.74) is 1.72. The molecule has 0 bridgehead atoms. The van der Waals surface area contributed by atoms with E-state index in [1.165, 1.54) is 46.1 Å². The normalized spacial score (nSPS) is 19.0. The number of benzene rings is 1. The van der Waals surface area contributed by atoms with Gasteiger partial charge in [0.05, 0.1) is 17.6 Å². The maximum Gasteiger partial charge on any atom is 0.337 e. The van der Waals surface area contributed by atoms with Crippen LogP contribution < -0.4 is 0 Å². The van der Waals surface area contributed by atoms with Gasteiger partial charge in [-0.25, -0.2) is 13.2 Å². The highest BCUT2D eigenvalue weighted by molar-refractivity contribution is 7.89. The lowest BCUT2D eigenvalue weighted by Crippen LogP contribution is -2.61. The van der Waals surface area contributed by atoms with Crippen LogP contribution in [0.15, 0.2) is 40.6 Å². The fourth-order valence-electron chi connectivity index (χ4n) is 3.46. The smallest absolute Gasteiger partial charge is 0.337 e. The van der Waals surface area contributed by atoms with Crippen molar-refractivity contribution in [2.75, 3.05) is 26.7 Å². The standard InChI is InChI=1S/C18H20N2O4S2/c1-24-18(21)13-2-4-16(5-3-13)26(22,23)20-11-15(12-20)19-8-6-17-14(10-19)7-9-25-17/h2-5,7,9,15H,6,8,10-12H2,1H3. The lowest BCUT2D eigenvalue weighted by molar-refractivity contribution is 0.0600. The van der Waals surface area contributed by atoms with Crippen molar-refractivity contribution >= 4 is 27.3 Å². The van der Waals surface area contributed by atoms with Crippen LogP contribution in [0.5, 0.6) is 0 Å². The highest BCUT2D eigenvalue weighted by Gasteiger charge is 2.40. The number of carbonyl (C=O) groups excluding carboxylic acids is 1. The summed E-state index contributed by atoms with van der Waals surface area (Å²) >= 11 is 1.81. The first-order valence-corrected chi connectivity index (χ1v) is 10.8. The zero-order valence-electron chi connectivity index (χ0n) is 14.4. The Bertz CT molecular complexity index is 915. The third kappa shape index (κ3) is 3.07. The van der Waals surface area contributed by atoms with Gasteiger partial charge in [0.1, 0.15) is 0 Å². The van der Waals surface area contributed by atoms with Crippen molar-refractivity contribution in [1.29, 1.82) is 0 Å². The number of hydrogen-bond acceptors (Lipinski definition) is 6. The van der Waals surface area contributed by atoms with Gasteiger partial charge in [0.2, 0.25) is 10.0 Å². The molecular formula is C18H20N2O4S2. The van der Waals surface area contributed by atoms with Crippen LogP contribution in [0.3, 0.4) is 0 Å². The molecule has 0 amide bonds. The summed E-state index contributed by atoms with van der Waals surface area (Å²) in [7, 11) is -2.22. The molecule has 2 aliphatic heterocycles. The average Bonchev–Trinajstić information content (AvgIpc) is 3.07. The molecule has 0 spiro atoms. The molecule has 6 nitrogen and oxygen atoms in total. The molecule has 2 aromatic rings. The Labute approximate surface area is 157 Å². The Balaban J connectivity index is 1.41. The molecule has 1 aromatic carbocycles. The molecule has 26 heavy (non-hydrogen) atoms. The van der Waals surface area contributed by atoms with Gasteiger partial charge in [-0.2, -0.15) is 4.31 Å². The van der Waals surface area contributed by atoms with Crippen LogP contribution in [-0.2, 0) is 27.7 Å². The second kappa shape index (κ2) is 6.77. The fourth-order valence-corrected chi connectivity index (χ4v) is 5.86. The number of thiophene rings is 1. The van der Waals surface area contributed by atoms with E-state index in [-0.39, 0.29) is 10.9 Å². The predicted octanol–water partition coefficient (Wildman–Crippen LogP) is 1.97. The minimum Gasteiger partial charge on any atom is -0.465 e. The van der Waals surface area contributed by atoms with Gasteiger partial charge in [-0.05, 0) is 47.7 Å². The molecule has 8 heteroatoms. The van der Waals surface area contributed by atoms with Crippen molar-refractivity contribution in [3.8, 4) is 0 Å². The molecule has 0 radical (unpaired) electrons. The number of carbonyl (C=O) groups is 1. The molecule has 2 aliphatic rings. The number of methoxy groups -OCH3 is 1. The third-order valence-electron chi connectivity index (χ3n) is 5.10. The van der Waals surface area contributed by atoms with Gasteiger partial charge < -0.3 is 4.74 Å². The Hall–Kier alpha value is -1.74. The molecule has 0 saturated carbocycles. The van der Waals surface area contributed by atoms with Crippen molar-refractivity contribution in [2.24, 2.45) is 0 Å². The minimum atomic E-state index is -3.52. The van der Waals surface area contributed by atoms with Gasteiger partial charge in [-0.3, -0.25) is 4.90 Å². The van der Waals surface area contributed by atoms with E-state index in [2.05, 4.69) is 21.1 Å². The molecule has 1 aromatic heterocycles. The van der Waals surface area contributed by atoms with Crippen molar-refractivity contribution < 1.29 is 17.9 Å². The highest BCUT2D eigenvalue weighted by atomic mass is 32.2. The second-order valence-electron chi connectivity index (χ2n) is 6.58. The summed E-state index contributed by atoms with van der Waals surface area (Å²) in [6, 6.07) is 8.34. The van der Waals surface area contributed by atoms with Crippen LogP contribution in [-0.4, -0.2) is 56.4 Å². The Kier molecular flexibility index (Phi) is 4.60. The SMILES string of the molecule is COC(=O)c1ccc(S(=O)(=O)N2CC(N3CCc4sccc4C3)C2)cc1. The first kappa shape index (κ1) is 17.7. The van der Waals surface area contributed by atoms with Crippen LogP contribution >= 0.6 is 11.3 Å². The summed E-state index contributed by atoms with van der Waals surface area (Å²) in [5, 5.41) is 2.13. The number of nitrogens with zero attached hydrogens (tertiary/aromatic N) is 2. The third-order valence-corrected chi connectivity index (χ3v) is 7.96. The largest absolute Gasteiger partial charge is 0.465 e. The van der Waals surface area contributed by atoms with Gasteiger partial charge in [-0.15, -0.1) is 11.3 Å². The number of ether oxygens (including phenoxy) is 1. The van der Waals surface area contributed by atoms with Crippen LogP contribution in [0.2, 0.25) is 0 Å². The molecule has 1 saturated heterocycles. The Morgan fingerprint density at radius 2 is 1.92 bits per heavy atom. The van der Waals surface area contributed by atoms with Crippen LogP contribution in [0.4, 0.5) is 0 Å². The van der Waals surface area contributed by atoms with E-state index < -0.39 is 16.0 Å². The summed E-state index contributed by atoms with van der Waals surface area (Å²) in [4.78, 5) is 15.5. The summed E-state index contributed by atoms with van der Waals surface area (Å²) in [6.07, 6.45) is 1.05. The first-order valence-electron chi connectivity index (χ1n) is 8.47. The van der Waals surface area contributed by atoms with Gasteiger partial charge in [0.25, 0.3) is 0 Å². The zero-order chi connectivity index (χ0) is 18.3. The number of esters is 1. The van der Waals surface area contributed by atoms with E-state index >= 15 is 0 Å². The van der Waals surface area contributed by atoms with Crippen LogP contribution in [0.1, 0.15) is 20.8 Å². The van der Waals surface area contributed by atoms with Gasteiger partial charge in [0.15, 0.2) is 0 Å². The van der Waals surface area contributed by atoms with Gasteiger partial charge in [0, 0.05) is 37.1 Å². The quantitative estimate of drug-likeness (QED) is 0.744. The lowest BCUT2D eigenvalue weighted by atomic mass is 10.0. The number of hydrogen-bond donors (Lipinski definition) is 0. The molecule has 138 valence electrons. The fraction of sp³-hybridized carbons (Fsp3) is 0.389. The molecule has 4 rings (SSSR count). The Morgan fingerprint density at radius 3 is 2.62 bits per heavy atom. The van der Waals surface area contributed by atoms with Crippen LogP contribution in [0.25, 0.3) is 0 Å². The molecule has 0 unspecified atom stereocenters. The second-order valence-corrected chi connectivity index (χ2v) is 9.52. The van der Waals surface area contributed by atoms with E-state index in [4.69, 9.17) is 0 Å². The lowest BCUT2D eigenvalue weighted by Gasteiger charge is -2.45.